The minimum Gasteiger partial charge on any atom is -0.497 e. The molecular formula is C18H15NO5. The molecule has 0 atom stereocenters. The first-order valence-electron chi connectivity index (χ1n) is 7.30. The molecule has 0 radical (unpaired) electrons. The summed E-state index contributed by atoms with van der Waals surface area (Å²) in [5, 5.41) is 0.271. The summed E-state index contributed by atoms with van der Waals surface area (Å²) in [5.41, 5.74) is 0.922. The number of hydrogen-bond acceptors (Lipinski definition) is 6. The highest BCUT2D eigenvalue weighted by atomic mass is 16.5. The van der Waals surface area contributed by atoms with Gasteiger partial charge in [0.25, 0.3) is 0 Å². The summed E-state index contributed by atoms with van der Waals surface area (Å²) in [6.07, 6.45) is 0.390. The number of hydrogen-bond donors (Lipinski definition) is 0. The van der Waals surface area contributed by atoms with Crippen molar-refractivity contribution >= 4 is 16.9 Å². The van der Waals surface area contributed by atoms with E-state index in [4.69, 9.17) is 13.9 Å². The molecule has 3 rings (SSSR count). The topological polar surface area (TPSA) is 78.6 Å². The van der Waals surface area contributed by atoms with Gasteiger partial charge in [-0.1, -0.05) is 12.1 Å². The molecule has 0 fully saturated rings. The predicted molar refractivity (Wildman–Crippen MR) is 87.4 cm³/mol. The van der Waals surface area contributed by atoms with Crippen LogP contribution < -0.4 is 15.1 Å². The van der Waals surface area contributed by atoms with E-state index < -0.39 is 11.6 Å². The molecule has 2 aromatic carbocycles. The number of nitrogens with zero attached hydrogens (tertiary/aromatic N) is 1. The first-order valence-corrected chi connectivity index (χ1v) is 7.30. The van der Waals surface area contributed by atoms with Gasteiger partial charge in [0.15, 0.2) is 0 Å². The molecular weight excluding hydrogens is 310 g/mol. The molecule has 0 saturated heterocycles. The maximum absolute atomic E-state index is 12.2. The van der Waals surface area contributed by atoms with E-state index in [1.54, 1.807) is 19.2 Å². The van der Waals surface area contributed by atoms with Crippen LogP contribution in [0.5, 0.6) is 11.5 Å². The van der Waals surface area contributed by atoms with Crippen molar-refractivity contribution in [3.05, 3.63) is 64.3 Å². The molecule has 0 bridgehead atoms. The first kappa shape index (κ1) is 15.7. The summed E-state index contributed by atoms with van der Waals surface area (Å²) >= 11 is 0. The van der Waals surface area contributed by atoms with Gasteiger partial charge in [-0.05, 0) is 35.9 Å². The number of fused-ring (bicyclic) bond motifs is 1. The highest BCUT2D eigenvalue weighted by Gasteiger charge is 2.09. The minimum atomic E-state index is -0.516. The van der Waals surface area contributed by atoms with E-state index in [2.05, 4.69) is 4.98 Å². The molecule has 0 aliphatic rings. The van der Waals surface area contributed by atoms with Gasteiger partial charge in [0.2, 0.25) is 5.89 Å². The average Bonchev–Trinajstić information content (AvgIpc) is 2.56. The van der Waals surface area contributed by atoms with Crippen molar-refractivity contribution in [1.29, 1.82) is 0 Å². The molecule has 0 N–H and O–H groups in total. The number of esters is 1. The van der Waals surface area contributed by atoms with Gasteiger partial charge in [-0.25, -0.2) is 9.78 Å². The van der Waals surface area contributed by atoms with Crippen LogP contribution in [0.3, 0.4) is 0 Å². The van der Waals surface area contributed by atoms with Crippen molar-refractivity contribution in [3.63, 3.8) is 0 Å². The SMILES string of the molecule is COc1ccc(Cc2nc3ccc(OC(C)=O)cc3c(=O)o2)cc1. The smallest absolute Gasteiger partial charge is 0.346 e. The van der Waals surface area contributed by atoms with E-state index in [1.165, 1.54) is 13.0 Å². The lowest BCUT2D eigenvalue weighted by Crippen LogP contribution is -2.07. The van der Waals surface area contributed by atoms with Gasteiger partial charge in [0.05, 0.1) is 18.0 Å². The van der Waals surface area contributed by atoms with E-state index in [9.17, 15) is 9.59 Å². The van der Waals surface area contributed by atoms with Gasteiger partial charge >= 0.3 is 11.6 Å². The van der Waals surface area contributed by atoms with Crippen molar-refractivity contribution in [2.24, 2.45) is 0 Å². The third-order valence-corrected chi connectivity index (χ3v) is 3.42. The molecule has 24 heavy (non-hydrogen) atoms. The zero-order valence-corrected chi connectivity index (χ0v) is 13.2. The van der Waals surface area contributed by atoms with Gasteiger partial charge in [-0.15, -0.1) is 0 Å². The Morgan fingerprint density at radius 1 is 1.12 bits per heavy atom. The fourth-order valence-corrected chi connectivity index (χ4v) is 2.32. The molecule has 1 heterocycles. The van der Waals surface area contributed by atoms with Gasteiger partial charge < -0.3 is 13.9 Å². The quantitative estimate of drug-likeness (QED) is 0.542. The van der Waals surface area contributed by atoms with Crippen LogP contribution in [0.15, 0.2) is 51.7 Å². The highest BCUT2D eigenvalue weighted by molar-refractivity contribution is 5.80. The fraction of sp³-hybridized carbons (Fsp3) is 0.167. The van der Waals surface area contributed by atoms with Crippen LogP contribution in [0.25, 0.3) is 10.9 Å². The summed E-state index contributed by atoms with van der Waals surface area (Å²) in [5.74, 6) is 0.900. The predicted octanol–water partition coefficient (Wildman–Crippen LogP) is 2.71. The molecule has 122 valence electrons. The van der Waals surface area contributed by atoms with E-state index in [0.29, 0.717) is 17.8 Å². The summed E-state index contributed by atoms with van der Waals surface area (Å²) in [4.78, 5) is 27.5. The summed E-state index contributed by atoms with van der Waals surface area (Å²) in [6.45, 7) is 1.29. The first-order chi connectivity index (χ1) is 11.5. The second-order valence-electron chi connectivity index (χ2n) is 5.19. The number of methoxy groups -OCH3 is 1. The molecule has 0 spiro atoms. The molecule has 1 aromatic heterocycles. The van der Waals surface area contributed by atoms with Crippen molar-refractivity contribution < 1.29 is 18.7 Å². The number of aromatic nitrogens is 1. The van der Waals surface area contributed by atoms with Crippen molar-refractivity contribution in [2.75, 3.05) is 7.11 Å². The maximum atomic E-state index is 12.2. The Balaban J connectivity index is 1.92. The molecule has 6 heteroatoms. The molecule has 3 aromatic rings. The van der Waals surface area contributed by atoms with Crippen LogP contribution in [0.2, 0.25) is 0 Å². The second-order valence-corrected chi connectivity index (χ2v) is 5.19. The molecule has 0 aliphatic carbocycles. The van der Waals surface area contributed by atoms with E-state index in [1.807, 2.05) is 24.3 Å². The van der Waals surface area contributed by atoms with Gasteiger partial charge in [0.1, 0.15) is 11.5 Å². The lowest BCUT2D eigenvalue weighted by atomic mass is 10.1. The molecule has 0 aliphatic heterocycles. The molecule has 0 unspecified atom stereocenters. The lowest BCUT2D eigenvalue weighted by Gasteiger charge is -2.05. The monoisotopic (exact) mass is 325 g/mol. The summed E-state index contributed by atoms with van der Waals surface area (Å²) in [6, 6.07) is 12.1. The Kier molecular flexibility index (Phi) is 4.29. The van der Waals surface area contributed by atoms with Crippen molar-refractivity contribution in [1.82, 2.24) is 4.98 Å². The molecule has 0 saturated carbocycles. The number of carbonyl (C=O) groups excluding carboxylic acids is 1. The third kappa shape index (κ3) is 3.43. The van der Waals surface area contributed by atoms with Crippen molar-refractivity contribution in [2.45, 2.75) is 13.3 Å². The van der Waals surface area contributed by atoms with Crippen LogP contribution in [-0.4, -0.2) is 18.1 Å². The second kappa shape index (κ2) is 6.54. The number of ether oxygens (including phenoxy) is 2. The Hall–Kier alpha value is -3.15. The summed E-state index contributed by atoms with van der Waals surface area (Å²) < 4.78 is 15.3. The van der Waals surface area contributed by atoms with E-state index in [-0.39, 0.29) is 11.1 Å². The normalized spacial score (nSPS) is 10.6. The van der Waals surface area contributed by atoms with Crippen LogP contribution in [0.1, 0.15) is 18.4 Å². The van der Waals surface area contributed by atoms with E-state index >= 15 is 0 Å². The van der Waals surface area contributed by atoms with Gasteiger partial charge in [-0.3, -0.25) is 4.79 Å². The number of benzene rings is 2. The van der Waals surface area contributed by atoms with Gasteiger partial charge in [0, 0.05) is 13.3 Å². The maximum Gasteiger partial charge on any atom is 0.346 e. The Labute approximate surface area is 137 Å². The van der Waals surface area contributed by atoms with Crippen molar-refractivity contribution in [3.8, 4) is 11.5 Å². The lowest BCUT2D eigenvalue weighted by molar-refractivity contribution is -0.131. The standard InChI is InChI=1S/C18H15NO5/c1-11(20)23-14-7-8-16-15(10-14)18(21)24-17(19-16)9-12-3-5-13(22-2)6-4-12/h3-8,10H,9H2,1-2H3. The highest BCUT2D eigenvalue weighted by Crippen LogP contribution is 2.19. The Morgan fingerprint density at radius 3 is 2.50 bits per heavy atom. The molecule has 6 nitrogen and oxygen atoms in total. The zero-order chi connectivity index (χ0) is 17.1. The van der Waals surface area contributed by atoms with Gasteiger partial charge in [-0.2, -0.15) is 0 Å². The Bertz CT molecular complexity index is 944. The van der Waals surface area contributed by atoms with E-state index in [0.717, 1.165) is 11.3 Å². The van der Waals surface area contributed by atoms with Crippen LogP contribution in [0.4, 0.5) is 0 Å². The fourth-order valence-electron chi connectivity index (χ4n) is 2.32. The minimum absolute atomic E-state index is 0.271. The average molecular weight is 325 g/mol. The largest absolute Gasteiger partial charge is 0.497 e. The molecule has 0 amide bonds. The number of carbonyl (C=O) groups is 1. The van der Waals surface area contributed by atoms with Crippen LogP contribution >= 0.6 is 0 Å². The number of rotatable bonds is 4. The third-order valence-electron chi connectivity index (χ3n) is 3.42. The summed E-state index contributed by atoms with van der Waals surface area (Å²) in [7, 11) is 1.60. The zero-order valence-electron chi connectivity index (χ0n) is 13.2. The Morgan fingerprint density at radius 2 is 1.83 bits per heavy atom. The van der Waals surface area contributed by atoms with Crippen LogP contribution in [0, 0.1) is 0 Å². The van der Waals surface area contributed by atoms with Crippen LogP contribution in [-0.2, 0) is 11.2 Å².